The lowest BCUT2D eigenvalue weighted by Crippen LogP contribution is -2.04. The second-order valence-corrected chi connectivity index (χ2v) is 4.05. The first-order valence-corrected chi connectivity index (χ1v) is 5.28. The van der Waals surface area contributed by atoms with Gasteiger partial charge in [0.05, 0.1) is 6.61 Å². The highest BCUT2D eigenvalue weighted by molar-refractivity contribution is 5.38. The number of epoxide rings is 1. The molecule has 1 aliphatic carbocycles. The van der Waals surface area contributed by atoms with Gasteiger partial charge >= 0.3 is 0 Å². The number of hydrogen-bond donors (Lipinski definition) is 0. The van der Waals surface area contributed by atoms with Gasteiger partial charge in [0.25, 0.3) is 0 Å². The predicted octanol–water partition coefficient (Wildman–Crippen LogP) is 1.95. The monoisotopic (exact) mass is 190 g/mol. The normalized spacial score (nSPS) is 23.3. The molecular weight excluding hydrogens is 176 g/mol. The summed E-state index contributed by atoms with van der Waals surface area (Å²) in [7, 11) is 0. The molecule has 0 aromatic heterocycles. The first-order chi connectivity index (χ1) is 6.92. The molecule has 1 unspecified atom stereocenters. The molecule has 2 heteroatoms. The molecule has 0 saturated carbocycles. The zero-order valence-corrected chi connectivity index (χ0v) is 8.16. The molecule has 0 N–H and O–H groups in total. The molecule has 0 spiro atoms. The van der Waals surface area contributed by atoms with Crippen molar-refractivity contribution < 1.29 is 9.47 Å². The minimum atomic E-state index is 0.350. The van der Waals surface area contributed by atoms with Crippen LogP contribution in [-0.2, 0) is 17.6 Å². The average molecular weight is 190 g/mol. The summed E-state index contributed by atoms with van der Waals surface area (Å²) in [5.74, 6) is 1.00. The van der Waals surface area contributed by atoms with Gasteiger partial charge < -0.3 is 9.47 Å². The van der Waals surface area contributed by atoms with E-state index < -0.39 is 0 Å². The van der Waals surface area contributed by atoms with E-state index in [2.05, 4.69) is 18.2 Å². The first kappa shape index (κ1) is 8.30. The summed E-state index contributed by atoms with van der Waals surface area (Å²) in [5, 5.41) is 0. The van der Waals surface area contributed by atoms with Crippen LogP contribution in [0.15, 0.2) is 18.2 Å². The molecule has 2 nitrogen and oxygen atoms in total. The third kappa shape index (κ3) is 1.62. The van der Waals surface area contributed by atoms with Crippen molar-refractivity contribution in [3.63, 3.8) is 0 Å². The molecule has 2 aliphatic rings. The smallest absolute Gasteiger partial charge is 0.119 e. The highest BCUT2D eigenvalue weighted by Crippen LogP contribution is 2.26. The van der Waals surface area contributed by atoms with Crippen LogP contribution in [0.3, 0.4) is 0 Å². The molecule has 1 atom stereocenters. The van der Waals surface area contributed by atoms with E-state index >= 15 is 0 Å². The van der Waals surface area contributed by atoms with Crippen LogP contribution in [0.2, 0.25) is 0 Å². The average Bonchev–Trinajstić information content (AvgIpc) is 2.92. The largest absolute Gasteiger partial charge is 0.491 e. The molecule has 74 valence electrons. The summed E-state index contributed by atoms with van der Waals surface area (Å²) >= 11 is 0. The lowest BCUT2D eigenvalue weighted by molar-refractivity contribution is 0.263. The standard InChI is InChI=1S/C12H14O2/c1-2-9-4-5-11(6-10(9)3-1)13-7-12-8-14-12/h4-6,12H,1-3,7-8H2. The Morgan fingerprint density at radius 3 is 3.00 bits per heavy atom. The molecule has 0 amide bonds. The van der Waals surface area contributed by atoms with E-state index in [9.17, 15) is 0 Å². The van der Waals surface area contributed by atoms with E-state index in [0.717, 1.165) is 12.4 Å². The highest BCUT2D eigenvalue weighted by atomic mass is 16.6. The number of benzene rings is 1. The minimum absolute atomic E-state index is 0.350. The van der Waals surface area contributed by atoms with Crippen molar-refractivity contribution in [3.8, 4) is 5.75 Å². The van der Waals surface area contributed by atoms with Crippen LogP contribution >= 0.6 is 0 Å². The van der Waals surface area contributed by atoms with Crippen LogP contribution in [0.5, 0.6) is 5.75 Å². The molecule has 3 rings (SSSR count). The number of fused-ring (bicyclic) bond motifs is 1. The van der Waals surface area contributed by atoms with Gasteiger partial charge in [-0.2, -0.15) is 0 Å². The Morgan fingerprint density at radius 2 is 2.14 bits per heavy atom. The summed E-state index contributed by atoms with van der Waals surface area (Å²) < 4.78 is 10.7. The van der Waals surface area contributed by atoms with Crippen LogP contribution in [0.4, 0.5) is 0 Å². The second kappa shape index (κ2) is 3.28. The van der Waals surface area contributed by atoms with Gasteiger partial charge in [-0.1, -0.05) is 6.07 Å². The van der Waals surface area contributed by atoms with Crippen LogP contribution in [0, 0.1) is 0 Å². The lowest BCUT2D eigenvalue weighted by Gasteiger charge is -2.06. The lowest BCUT2D eigenvalue weighted by atomic mass is 10.1. The third-order valence-electron chi connectivity index (χ3n) is 2.91. The van der Waals surface area contributed by atoms with Gasteiger partial charge in [-0.15, -0.1) is 0 Å². The summed E-state index contributed by atoms with van der Waals surface area (Å²) in [6.07, 6.45) is 4.10. The summed E-state index contributed by atoms with van der Waals surface area (Å²) in [6, 6.07) is 6.46. The van der Waals surface area contributed by atoms with E-state index in [1.807, 2.05) is 0 Å². The van der Waals surface area contributed by atoms with Gasteiger partial charge in [-0.25, -0.2) is 0 Å². The maximum Gasteiger partial charge on any atom is 0.119 e. The van der Waals surface area contributed by atoms with E-state index in [1.165, 1.54) is 30.4 Å². The number of aryl methyl sites for hydroxylation is 2. The van der Waals surface area contributed by atoms with Crippen molar-refractivity contribution in [3.05, 3.63) is 29.3 Å². The van der Waals surface area contributed by atoms with Gasteiger partial charge in [-0.3, -0.25) is 0 Å². The second-order valence-electron chi connectivity index (χ2n) is 4.05. The predicted molar refractivity (Wildman–Crippen MR) is 53.7 cm³/mol. The maximum atomic E-state index is 5.63. The molecular formula is C12H14O2. The van der Waals surface area contributed by atoms with Crippen molar-refractivity contribution >= 4 is 0 Å². The van der Waals surface area contributed by atoms with E-state index in [4.69, 9.17) is 9.47 Å². The van der Waals surface area contributed by atoms with E-state index in [0.29, 0.717) is 12.7 Å². The Kier molecular flexibility index (Phi) is 1.95. The number of hydrogen-bond acceptors (Lipinski definition) is 2. The zero-order chi connectivity index (χ0) is 9.38. The molecule has 1 fully saturated rings. The third-order valence-corrected chi connectivity index (χ3v) is 2.91. The Bertz CT molecular complexity index is 342. The van der Waals surface area contributed by atoms with Crippen molar-refractivity contribution in [2.45, 2.75) is 25.4 Å². The summed E-state index contributed by atoms with van der Waals surface area (Å²) in [6.45, 7) is 1.57. The van der Waals surface area contributed by atoms with Crippen molar-refractivity contribution in [2.75, 3.05) is 13.2 Å². The first-order valence-electron chi connectivity index (χ1n) is 5.28. The molecule has 1 saturated heterocycles. The molecule has 1 aromatic carbocycles. The molecule has 0 radical (unpaired) electrons. The Balaban J connectivity index is 1.71. The van der Waals surface area contributed by atoms with Gasteiger partial charge in [0, 0.05) is 0 Å². The Morgan fingerprint density at radius 1 is 1.29 bits per heavy atom. The highest BCUT2D eigenvalue weighted by Gasteiger charge is 2.23. The summed E-state index contributed by atoms with van der Waals surface area (Å²) in [5.41, 5.74) is 2.97. The molecule has 1 heterocycles. The van der Waals surface area contributed by atoms with E-state index in [-0.39, 0.29) is 0 Å². The number of ether oxygens (including phenoxy) is 2. The van der Waals surface area contributed by atoms with Crippen molar-refractivity contribution in [2.24, 2.45) is 0 Å². The minimum Gasteiger partial charge on any atom is -0.491 e. The van der Waals surface area contributed by atoms with Crippen LogP contribution < -0.4 is 4.74 Å². The molecule has 1 aliphatic heterocycles. The fourth-order valence-electron chi connectivity index (χ4n) is 1.99. The SMILES string of the molecule is c1cc2c(cc1OCC1CO1)CCC2. The fourth-order valence-corrected chi connectivity index (χ4v) is 1.99. The van der Waals surface area contributed by atoms with E-state index in [1.54, 1.807) is 0 Å². The maximum absolute atomic E-state index is 5.63. The fraction of sp³-hybridized carbons (Fsp3) is 0.500. The topological polar surface area (TPSA) is 21.8 Å². The van der Waals surface area contributed by atoms with Crippen molar-refractivity contribution in [1.29, 1.82) is 0 Å². The Labute approximate surface area is 83.8 Å². The summed E-state index contributed by atoms with van der Waals surface area (Å²) in [4.78, 5) is 0. The molecule has 14 heavy (non-hydrogen) atoms. The molecule has 0 bridgehead atoms. The quantitative estimate of drug-likeness (QED) is 0.679. The van der Waals surface area contributed by atoms with Crippen LogP contribution in [0.1, 0.15) is 17.5 Å². The Hall–Kier alpha value is -1.02. The van der Waals surface area contributed by atoms with Crippen LogP contribution in [-0.4, -0.2) is 19.3 Å². The van der Waals surface area contributed by atoms with Gasteiger partial charge in [0.15, 0.2) is 0 Å². The number of rotatable bonds is 3. The molecule has 1 aromatic rings. The zero-order valence-electron chi connectivity index (χ0n) is 8.16. The van der Waals surface area contributed by atoms with Gasteiger partial charge in [0.2, 0.25) is 0 Å². The van der Waals surface area contributed by atoms with Crippen LogP contribution in [0.25, 0.3) is 0 Å². The van der Waals surface area contributed by atoms with Gasteiger partial charge in [-0.05, 0) is 42.5 Å². The van der Waals surface area contributed by atoms with Gasteiger partial charge in [0.1, 0.15) is 18.5 Å². The van der Waals surface area contributed by atoms with Crippen molar-refractivity contribution in [1.82, 2.24) is 0 Å².